The molecule has 16 heavy (non-hydrogen) atoms. The highest BCUT2D eigenvalue weighted by Gasteiger charge is 2.22. The zero-order valence-corrected chi connectivity index (χ0v) is 10.9. The number of rotatable bonds is 4. The summed E-state index contributed by atoms with van der Waals surface area (Å²) in [5.41, 5.74) is 0. The number of hydrogen-bond acceptors (Lipinski definition) is 2. The van der Waals surface area contributed by atoms with Crippen LogP contribution in [0.2, 0.25) is 0 Å². The summed E-state index contributed by atoms with van der Waals surface area (Å²) in [6, 6.07) is 1.66. The minimum absolute atomic E-state index is 0.816. The van der Waals surface area contributed by atoms with Gasteiger partial charge in [-0.3, -0.25) is 0 Å². The molecule has 1 heterocycles. The Bertz CT molecular complexity index is 179. The number of piperidine rings is 1. The summed E-state index contributed by atoms with van der Waals surface area (Å²) in [4.78, 5) is 2.62. The van der Waals surface area contributed by atoms with Crippen molar-refractivity contribution >= 4 is 0 Å². The summed E-state index contributed by atoms with van der Waals surface area (Å²) in [7, 11) is 0. The van der Waals surface area contributed by atoms with Crippen molar-refractivity contribution in [1.82, 2.24) is 10.2 Å². The topological polar surface area (TPSA) is 15.3 Å². The number of likely N-dealkylation sites (tertiary alicyclic amines) is 1. The van der Waals surface area contributed by atoms with E-state index >= 15 is 0 Å². The molecule has 1 saturated carbocycles. The molecule has 2 aliphatic rings. The first kappa shape index (κ1) is 12.4. The van der Waals surface area contributed by atoms with Crippen LogP contribution in [0.4, 0.5) is 0 Å². The first-order valence-corrected chi connectivity index (χ1v) is 7.37. The van der Waals surface area contributed by atoms with Crippen LogP contribution in [0.3, 0.4) is 0 Å². The van der Waals surface area contributed by atoms with Gasteiger partial charge in [0.25, 0.3) is 0 Å². The smallest absolute Gasteiger partial charge is 0.00940 e. The Morgan fingerprint density at radius 2 is 1.56 bits per heavy atom. The van der Waals surface area contributed by atoms with Gasteiger partial charge in [-0.25, -0.2) is 0 Å². The maximum Gasteiger partial charge on any atom is 0.00940 e. The molecule has 0 bridgehead atoms. The fourth-order valence-corrected chi connectivity index (χ4v) is 3.24. The standard InChI is InChI=1S/C14H28N2/c1-2-10-16-11-8-14(9-12-16)15-13-6-4-3-5-7-13/h13-15H,2-12H2,1H3. The summed E-state index contributed by atoms with van der Waals surface area (Å²) in [6.07, 6.45) is 11.3. The van der Waals surface area contributed by atoms with E-state index in [4.69, 9.17) is 0 Å². The molecule has 0 unspecified atom stereocenters. The second-order valence-corrected chi connectivity index (χ2v) is 5.62. The van der Waals surface area contributed by atoms with Gasteiger partial charge in [0.2, 0.25) is 0 Å². The fourth-order valence-electron chi connectivity index (χ4n) is 3.24. The minimum atomic E-state index is 0.816. The van der Waals surface area contributed by atoms with E-state index in [2.05, 4.69) is 17.1 Å². The van der Waals surface area contributed by atoms with Crippen molar-refractivity contribution in [1.29, 1.82) is 0 Å². The molecule has 0 spiro atoms. The van der Waals surface area contributed by atoms with Gasteiger partial charge >= 0.3 is 0 Å². The Kier molecular flexibility index (Phi) is 5.11. The molecule has 1 N–H and O–H groups in total. The summed E-state index contributed by atoms with van der Waals surface area (Å²) in [6.45, 7) is 6.22. The second-order valence-electron chi connectivity index (χ2n) is 5.62. The number of nitrogens with one attached hydrogen (secondary N) is 1. The molecule has 0 aromatic heterocycles. The highest BCUT2D eigenvalue weighted by molar-refractivity contribution is 4.82. The second kappa shape index (κ2) is 6.61. The number of hydrogen-bond donors (Lipinski definition) is 1. The molecular formula is C14H28N2. The molecule has 2 nitrogen and oxygen atoms in total. The molecule has 0 radical (unpaired) electrons. The molecule has 2 heteroatoms. The van der Waals surface area contributed by atoms with Gasteiger partial charge in [-0.05, 0) is 51.7 Å². The Labute approximate surface area is 101 Å². The van der Waals surface area contributed by atoms with Crippen LogP contribution in [0.1, 0.15) is 58.3 Å². The molecule has 0 aromatic rings. The Morgan fingerprint density at radius 3 is 2.19 bits per heavy atom. The predicted molar refractivity (Wildman–Crippen MR) is 69.8 cm³/mol. The van der Waals surface area contributed by atoms with Gasteiger partial charge in [0.05, 0.1) is 0 Å². The molecule has 2 rings (SSSR count). The van der Waals surface area contributed by atoms with Gasteiger partial charge < -0.3 is 10.2 Å². The third-order valence-corrected chi connectivity index (χ3v) is 4.20. The summed E-state index contributed by atoms with van der Waals surface area (Å²) in [5, 5.41) is 3.89. The van der Waals surface area contributed by atoms with E-state index in [-0.39, 0.29) is 0 Å². The lowest BCUT2D eigenvalue weighted by molar-refractivity contribution is 0.184. The fraction of sp³-hybridized carbons (Fsp3) is 1.00. The first-order chi connectivity index (χ1) is 7.88. The van der Waals surface area contributed by atoms with E-state index in [1.165, 1.54) is 71.0 Å². The van der Waals surface area contributed by atoms with Gasteiger partial charge in [0.15, 0.2) is 0 Å². The van der Waals surface area contributed by atoms with E-state index < -0.39 is 0 Å². The Balaban J connectivity index is 1.64. The lowest BCUT2D eigenvalue weighted by Crippen LogP contribution is -2.46. The lowest BCUT2D eigenvalue weighted by Gasteiger charge is -2.35. The van der Waals surface area contributed by atoms with Crippen LogP contribution in [-0.4, -0.2) is 36.6 Å². The zero-order valence-electron chi connectivity index (χ0n) is 10.9. The van der Waals surface area contributed by atoms with Crippen LogP contribution in [0.15, 0.2) is 0 Å². The molecule has 1 saturated heterocycles. The van der Waals surface area contributed by atoms with Crippen LogP contribution in [0.5, 0.6) is 0 Å². The highest BCUT2D eigenvalue weighted by Crippen LogP contribution is 2.20. The van der Waals surface area contributed by atoms with Gasteiger partial charge in [0, 0.05) is 12.1 Å². The van der Waals surface area contributed by atoms with Crippen LogP contribution in [0, 0.1) is 0 Å². The first-order valence-electron chi connectivity index (χ1n) is 7.37. The van der Waals surface area contributed by atoms with Crippen molar-refractivity contribution in [3.05, 3.63) is 0 Å². The van der Waals surface area contributed by atoms with Crippen molar-refractivity contribution in [2.75, 3.05) is 19.6 Å². The Hall–Kier alpha value is -0.0800. The molecule has 1 aliphatic heterocycles. The zero-order chi connectivity index (χ0) is 11.2. The quantitative estimate of drug-likeness (QED) is 0.790. The predicted octanol–water partition coefficient (Wildman–Crippen LogP) is 2.78. The van der Waals surface area contributed by atoms with Gasteiger partial charge in [-0.1, -0.05) is 26.2 Å². The SMILES string of the molecule is CCCN1CCC(NC2CCCCC2)CC1. The van der Waals surface area contributed by atoms with Crippen molar-refractivity contribution in [2.45, 2.75) is 70.4 Å². The van der Waals surface area contributed by atoms with Crippen molar-refractivity contribution in [3.63, 3.8) is 0 Å². The van der Waals surface area contributed by atoms with Crippen LogP contribution < -0.4 is 5.32 Å². The molecule has 0 aromatic carbocycles. The highest BCUT2D eigenvalue weighted by atomic mass is 15.1. The molecule has 94 valence electrons. The van der Waals surface area contributed by atoms with E-state index in [0.29, 0.717) is 0 Å². The van der Waals surface area contributed by atoms with E-state index in [1.807, 2.05) is 0 Å². The average Bonchev–Trinajstić information content (AvgIpc) is 2.33. The molecule has 1 aliphatic carbocycles. The maximum absolute atomic E-state index is 3.89. The molecule has 2 fully saturated rings. The molecule has 0 atom stereocenters. The maximum atomic E-state index is 3.89. The van der Waals surface area contributed by atoms with E-state index in [1.54, 1.807) is 0 Å². The lowest BCUT2D eigenvalue weighted by atomic mass is 9.93. The summed E-state index contributed by atoms with van der Waals surface area (Å²) < 4.78 is 0. The van der Waals surface area contributed by atoms with Crippen LogP contribution in [0.25, 0.3) is 0 Å². The third-order valence-electron chi connectivity index (χ3n) is 4.20. The van der Waals surface area contributed by atoms with E-state index in [0.717, 1.165) is 12.1 Å². The molecule has 0 amide bonds. The van der Waals surface area contributed by atoms with Gasteiger partial charge in [0.1, 0.15) is 0 Å². The van der Waals surface area contributed by atoms with Gasteiger partial charge in [-0.2, -0.15) is 0 Å². The molecular weight excluding hydrogens is 196 g/mol. The van der Waals surface area contributed by atoms with Crippen LogP contribution >= 0.6 is 0 Å². The van der Waals surface area contributed by atoms with E-state index in [9.17, 15) is 0 Å². The average molecular weight is 224 g/mol. The minimum Gasteiger partial charge on any atom is -0.311 e. The number of nitrogens with zero attached hydrogens (tertiary/aromatic N) is 1. The van der Waals surface area contributed by atoms with Gasteiger partial charge in [-0.15, -0.1) is 0 Å². The van der Waals surface area contributed by atoms with Crippen LogP contribution in [-0.2, 0) is 0 Å². The van der Waals surface area contributed by atoms with Crippen molar-refractivity contribution in [3.8, 4) is 0 Å². The largest absolute Gasteiger partial charge is 0.311 e. The Morgan fingerprint density at radius 1 is 0.938 bits per heavy atom. The van der Waals surface area contributed by atoms with Crippen molar-refractivity contribution in [2.24, 2.45) is 0 Å². The summed E-state index contributed by atoms with van der Waals surface area (Å²) in [5.74, 6) is 0. The van der Waals surface area contributed by atoms with Crippen molar-refractivity contribution < 1.29 is 0 Å². The summed E-state index contributed by atoms with van der Waals surface area (Å²) >= 11 is 0. The normalized spacial score (nSPS) is 26.1. The monoisotopic (exact) mass is 224 g/mol. The third kappa shape index (κ3) is 3.74.